The summed E-state index contributed by atoms with van der Waals surface area (Å²) in [6, 6.07) is 3.45. The molecule has 5 nitrogen and oxygen atoms in total. The van der Waals surface area contributed by atoms with Gasteiger partial charge in [0.2, 0.25) is 0 Å². The molecule has 12 heavy (non-hydrogen) atoms. The van der Waals surface area contributed by atoms with Gasteiger partial charge >= 0.3 is 0 Å². The largest absolute Gasteiger partial charge is 0.396 e. The Morgan fingerprint density at radius 1 is 1.33 bits per heavy atom. The first-order valence-electron chi connectivity index (χ1n) is 3.51. The third kappa shape index (κ3) is 5.45. The Morgan fingerprint density at radius 2 is 1.83 bits per heavy atom. The fraction of sp³-hybridized carbons (Fsp3) is 0.286. The molecule has 0 aliphatic carbocycles. The molecule has 5 heteroatoms. The predicted octanol–water partition coefficient (Wildman–Crippen LogP) is -0.504. The van der Waals surface area contributed by atoms with Crippen LogP contribution >= 0.6 is 0 Å². The zero-order valence-corrected chi connectivity index (χ0v) is 7.07. The molecule has 0 saturated carbocycles. The molecule has 0 amide bonds. The summed E-state index contributed by atoms with van der Waals surface area (Å²) >= 11 is 0. The molecular weight excluding hydrogens is 154 g/mol. The Kier molecular flexibility index (Phi) is 4.75. The molecule has 0 saturated heterocycles. The highest BCUT2D eigenvalue weighted by molar-refractivity contribution is 5.56. The quantitative estimate of drug-likeness (QED) is 0.390. The second-order valence-corrected chi connectivity index (χ2v) is 2.34. The van der Waals surface area contributed by atoms with Crippen molar-refractivity contribution in [2.45, 2.75) is 13.1 Å². The lowest BCUT2D eigenvalue weighted by atomic mass is 10.4. The second kappa shape index (κ2) is 5.34. The first-order valence-corrected chi connectivity index (χ1v) is 3.51. The van der Waals surface area contributed by atoms with Crippen molar-refractivity contribution >= 4 is 11.5 Å². The van der Waals surface area contributed by atoms with E-state index in [0.29, 0.717) is 11.5 Å². The summed E-state index contributed by atoms with van der Waals surface area (Å²) in [5.74, 6) is 0.396. The molecule has 0 atom stereocenters. The number of aromatic nitrogens is 1. The summed E-state index contributed by atoms with van der Waals surface area (Å²) in [4.78, 5) is 3.73. The van der Waals surface area contributed by atoms with Gasteiger partial charge in [0.15, 0.2) is 0 Å². The van der Waals surface area contributed by atoms with Crippen molar-refractivity contribution in [1.82, 2.24) is 4.98 Å². The van der Waals surface area contributed by atoms with Gasteiger partial charge in [-0.1, -0.05) is 0 Å². The second-order valence-electron chi connectivity index (χ2n) is 2.34. The third-order valence-electron chi connectivity index (χ3n) is 0.871. The van der Waals surface area contributed by atoms with E-state index in [0.717, 1.165) is 0 Å². The van der Waals surface area contributed by atoms with E-state index in [1.807, 2.05) is 0 Å². The highest BCUT2D eigenvalue weighted by Crippen LogP contribution is 2.06. The van der Waals surface area contributed by atoms with Gasteiger partial charge in [-0.05, 0) is 19.1 Å². The number of nitrogens with zero attached hydrogens (tertiary/aromatic N) is 1. The number of hydrogen-bond acceptors (Lipinski definition) is 5. The molecule has 1 rings (SSSR count). The summed E-state index contributed by atoms with van der Waals surface area (Å²) in [7, 11) is 0. The van der Waals surface area contributed by atoms with Crippen LogP contribution in [-0.4, -0.2) is 11.1 Å². The number of pyridine rings is 1. The van der Waals surface area contributed by atoms with E-state index in [2.05, 4.69) is 4.98 Å². The standard InChI is InChI=1S/C5H7N3.C2H8N2/c6-4-2-1-3-8-5(4)7;1-2(3)4/h1-3H,6H2,(H2,7,8);2H,3-4H2,1H3. The summed E-state index contributed by atoms with van der Waals surface area (Å²) in [5, 5.41) is 0. The normalized spacial score (nSPS) is 9.00. The Labute approximate surface area is 71.7 Å². The van der Waals surface area contributed by atoms with E-state index in [4.69, 9.17) is 22.9 Å². The van der Waals surface area contributed by atoms with Crippen molar-refractivity contribution in [2.75, 3.05) is 11.5 Å². The van der Waals surface area contributed by atoms with Gasteiger partial charge in [-0.3, -0.25) is 0 Å². The van der Waals surface area contributed by atoms with E-state index in [1.54, 1.807) is 25.3 Å². The monoisotopic (exact) mass is 169 g/mol. The van der Waals surface area contributed by atoms with Crippen LogP contribution in [0.1, 0.15) is 6.92 Å². The molecule has 0 radical (unpaired) electrons. The minimum atomic E-state index is -0.167. The van der Waals surface area contributed by atoms with Crippen molar-refractivity contribution in [3.8, 4) is 0 Å². The molecule has 8 N–H and O–H groups in total. The van der Waals surface area contributed by atoms with Gasteiger partial charge in [0.1, 0.15) is 5.82 Å². The highest BCUT2D eigenvalue weighted by atomic mass is 14.9. The van der Waals surface area contributed by atoms with Gasteiger partial charge in [0.25, 0.3) is 0 Å². The lowest BCUT2D eigenvalue weighted by Crippen LogP contribution is -2.25. The molecule has 0 aromatic carbocycles. The molecule has 0 spiro atoms. The highest BCUT2D eigenvalue weighted by Gasteiger charge is 1.87. The van der Waals surface area contributed by atoms with Crippen LogP contribution in [0.25, 0.3) is 0 Å². The number of rotatable bonds is 0. The molecule has 0 fully saturated rings. The average molecular weight is 169 g/mol. The van der Waals surface area contributed by atoms with Crippen LogP contribution in [0, 0.1) is 0 Å². The van der Waals surface area contributed by atoms with E-state index >= 15 is 0 Å². The Bertz CT molecular complexity index is 199. The molecule has 0 bridgehead atoms. The molecule has 1 heterocycles. The van der Waals surface area contributed by atoms with Crippen LogP contribution in [0.15, 0.2) is 18.3 Å². The maximum atomic E-state index is 5.33. The molecule has 1 aromatic heterocycles. The minimum Gasteiger partial charge on any atom is -0.396 e. The molecule has 1 aromatic rings. The fourth-order valence-corrected chi connectivity index (χ4v) is 0.430. The average Bonchev–Trinajstić information content (AvgIpc) is 1.94. The Balaban J connectivity index is 0.000000261. The fourth-order valence-electron chi connectivity index (χ4n) is 0.430. The summed E-state index contributed by atoms with van der Waals surface area (Å²) < 4.78 is 0. The van der Waals surface area contributed by atoms with Crippen LogP contribution in [0.2, 0.25) is 0 Å². The number of hydrogen-bond donors (Lipinski definition) is 4. The number of anilines is 2. The predicted molar refractivity (Wildman–Crippen MR) is 50.9 cm³/mol. The van der Waals surface area contributed by atoms with Crippen molar-refractivity contribution in [2.24, 2.45) is 11.5 Å². The smallest absolute Gasteiger partial charge is 0.146 e. The Morgan fingerprint density at radius 3 is 2.08 bits per heavy atom. The molecule has 0 unspecified atom stereocenters. The van der Waals surface area contributed by atoms with Crippen LogP contribution in [0.3, 0.4) is 0 Å². The maximum Gasteiger partial charge on any atom is 0.146 e. The van der Waals surface area contributed by atoms with Gasteiger partial charge in [-0.15, -0.1) is 0 Å². The summed E-state index contributed by atoms with van der Waals surface area (Å²) in [6.45, 7) is 1.72. The van der Waals surface area contributed by atoms with Crippen molar-refractivity contribution in [3.05, 3.63) is 18.3 Å². The van der Waals surface area contributed by atoms with Gasteiger partial charge in [0.05, 0.1) is 5.69 Å². The van der Waals surface area contributed by atoms with Gasteiger partial charge in [-0.2, -0.15) is 0 Å². The maximum absolute atomic E-state index is 5.33. The number of nitrogens with two attached hydrogens (primary N) is 4. The van der Waals surface area contributed by atoms with E-state index in [1.165, 1.54) is 0 Å². The molecule has 68 valence electrons. The minimum absolute atomic E-state index is 0.167. The van der Waals surface area contributed by atoms with Gasteiger partial charge in [-0.25, -0.2) is 4.98 Å². The lowest BCUT2D eigenvalue weighted by molar-refractivity contribution is 0.790. The zero-order valence-electron chi connectivity index (χ0n) is 7.07. The van der Waals surface area contributed by atoms with Crippen molar-refractivity contribution in [1.29, 1.82) is 0 Å². The molecule has 0 aliphatic rings. The molecular formula is C7H15N5. The third-order valence-corrected chi connectivity index (χ3v) is 0.871. The van der Waals surface area contributed by atoms with Gasteiger partial charge < -0.3 is 22.9 Å². The first-order chi connectivity index (χ1) is 5.54. The van der Waals surface area contributed by atoms with Crippen molar-refractivity contribution < 1.29 is 0 Å². The van der Waals surface area contributed by atoms with Gasteiger partial charge in [0, 0.05) is 12.4 Å². The lowest BCUT2D eigenvalue weighted by Gasteiger charge is -1.92. The number of nitrogen functional groups attached to an aromatic ring is 2. The van der Waals surface area contributed by atoms with E-state index < -0.39 is 0 Å². The molecule has 0 aliphatic heterocycles. The van der Waals surface area contributed by atoms with Crippen LogP contribution in [0.5, 0.6) is 0 Å². The van der Waals surface area contributed by atoms with E-state index in [-0.39, 0.29) is 6.17 Å². The van der Waals surface area contributed by atoms with E-state index in [9.17, 15) is 0 Å². The van der Waals surface area contributed by atoms with Crippen LogP contribution in [-0.2, 0) is 0 Å². The van der Waals surface area contributed by atoms with Crippen LogP contribution in [0.4, 0.5) is 11.5 Å². The topological polar surface area (TPSA) is 117 Å². The first kappa shape index (κ1) is 10.7. The summed E-state index contributed by atoms with van der Waals surface area (Å²) in [6.07, 6.45) is 1.44. The van der Waals surface area contributed by atoms with Crippen LogP contribution < -0.4 is 22.9 Å². The Hall–Kier alpha value is -1.33. The SMILES string of the molecule is CC(N)N.Nc1cccnc1N. The summed E-state index contributed by atoms with van der Waals surface area (Å²) in [5.41, 5.74) is 20.9. The van der Waals surface area contributed by atoms with Crippen molar-refractivity contribution in [3.63, 3.8) is 0 Å². The zero-order chi connectivity index (χ0) is 9.56.